The predicted molar refractivity (Wildman–Crippen MR) is 63.1 cm³/mol. The SMILES string of the molecule is C=[N+]([O-])c1ccc(C(=O)NN=C(C)C)cc1. The predicted octanol–water partition coefficient (Wildman–Crippen LogP) is 1.65. The van der Waals surface area contributed by atoms with Gasteiger partial charge in [-0.05, 0) is 26.0 Å². The fraction of sp³-hybridized carbons (Fsp3) is 0.182. The van der Waals surface area contributed by atoms with Crippen molar-refractivity contribution in [3.63, 3.8) is 0 Å². The fourth-order valence-corrected chi connectivity index (χ4v) is 1.01. The van der Waals surface area contributed by atoms with E-state index in [1.54, 1.807) is 26.0 Å². The Morgan fingerprint density at radius 2 is 1.94 bits per heavy atom. The van der Waals surface area contributed by atoms with Crippen LogP contribution in [0.4, 0.5) is 5.69 Å². The minimum absolute atomic E-state index is 0.311. The van der Waals surface area contributed by atoms with E-state index in [2.05, 4.69) is 17.2 Å². The van der Waals surface area contributed by atoms with E-state index in [1.807, 2.05) is 0 Å². The van der Waals surface area contributed by atoms with E-state index in [0.29, 0.717) is 16.0 Å². The molecule has 0 aliphatic carbocycles. The third kappa shape index (κ3) is 3.20. The minimum atomic E-state index is -0.311. The van der Waals surface area contributed by atoms with Crippen LogP contribution in [0.25, 0.3) is 0 Å². The highest BCUT2D eigenvalue weighted by atomic mass is 16.5. The second-order valence-electron chi connectivity index (χ2n) is 3.43. The summed E-state index contributed by atoms with van der Waals surface area (Å²) >= 11 is 0. The van der Waals surface area contributed by atoms with Crippen molar-refractivity contribution in [1.29, 1.82) is 0 Å². The van der Waals surface area contributed by atoms with Crippen molar-refractivity contribution < 1.29 is 9.53 Å². The molecule has 1 amide bonds. The van der Waals surface area contributed by atoms with Crippen molar-refractivity contribution in [2.45, 2.75) is 13.8 Å². The van der Waals surface area contributed by atoms with E-state index >= 15 is 0 Å². The first-order chi connectivity index (χ1) is 7.50. The molecule has 0 aromatic heterocycles. The van der Waals surface area contributed by atoms with Gasteiger partial charge in [-0.15, -0.1) is 0 Å². The van der Waals surface area contributed by atoms with Crippen LogP contribution in [0.3, 0.4) is 0 Å². The van der Waals surface area contributed by atoms with Gasteiger partial charge in [-0.25, -0.2) is 5.43 Å². The second-order valence-corrected chi connectivity index (χ2v) is 3.43. The van der Waals surface area contributed by atoms with Gasteiger partial charge in [0, 0.05) is 23.4 Å². The maximum Gasteiger partial charge on any atom is 0.271 e. The van der Waals surface area contributed by atoms with Gasteiger partial charge in [-0.3, -0.25) is 4.79 Å². The van der Waals surface area contributed by atoms with E-state index in [0.717, 1.165) is 5.71 Å². The summed E-state index contributed by atoms with van der Waals surface area (Å²) in [5, 5.41) is 14.6. The lowest BCUT2D eigenvalue weighted by Crippen LogP contribution is -2.18. The number of rotatable bonds is 3. The third-order valence-electron chi connectivity index (χ3n) is 1.80. The third-order valence-corrected chi connectivity index (χ3v) is 1.80. The Morgan fingerprint density at radius 1 is 1.38 bits per heavy atom. The number of carbonyl (C=O) groups excluding carboxylic acids is 1. The summed E-state index contributed by atoms with van der Waals surface area (Å²) in [5.74, 6) is -0.311. The Labute approximate surface area is 93.7 Å². The first-order valence-electron chi connectivity index (χ1n) is 4.70. The summed E-state index contributed by atoms with van der Waals surface area (Å²) in [5.41, 5.74) is 3.98. The average molecular weight is 219 g/mol. The highest BCUT2D eigenvalue weighted by molar-refractivity contribution is 5.95. The summed E-state index contributed by atoms with van der Waals surface area (Å²) in [7, 11) is 0. The van der Waals surface area contributed by atoms with Crippen LogP contribution in [-0.2, 0) is 0 Å². The smallest absolute Gasteiger partial charge is 0.271 e. The van der Waals surface area contributed by atoms with Gasteiger partial charge >= 0.3 is 0 Å². The molecule has 0 saturated carbocycles. The molecular weight excluding hydrogens is 206 g/mol. The zero-order valence-electron chi connectivity index (χ0n) is 9.23. The molecule has 0 aliphatic heterocycles. The monoisotopic (exact) mass is 219 g/mol. The van der Waals surface area contributed by atoms with Gasteiger partial charge in [-0.1, -0.05) is 0 Å². The van der Waals surface area contributed by atoms with Gasteiger partial charge < -0.3 is 5.21 Å². The van der Waals surface area contributed by atoms with Crippen molar-refractivity contribution in [1.82, 2.24) is 5.43 Å². The quantitative estimate of drug-likeness (QED) is 0.363. The van der Waals surface area contributed by atoms with E-state index < -0.39 is 0 Å². The summed E-state index contributed by atoms with van der Waals surface area (Å²) < 4.78 is 0.482. The lowest BCUT2D eigenvalue weighted by molar-refractivity contribution is -0.349. The van der Waals surface area contributed by atoms with Gasteiger partial charge in [-0.2, -0.15) is 9.84 Å². The normalized spacial score (nSPS) is 9.38. The molecule has 16 heavy (non-hydrogen) atoms. The van der Waals surface area contributed by atoms with Crippen molar-refractivity contribution in [3.8, 4) is 0 Å². The molecular formula is C11H13N3O2. The second kappa shape index (κ2) is 5.06. The standard InChI is InChI=1S/C11H13N3O2/c1-8(2)12-13-11(15)9-4-6-10(7-5-9)14(3)16/h4-7H,3H2,1-2H3,(H,13,15). The van der Waals surface area contributed by atoms with Crippen LogP contribution >= 0.6 is 0 Å². The van der Waals surface area contributed by atoms with Gasteiger partial charge in [0.1, 0.15) is 6.72 Å². The first kappa shape index (κ1) is 11.9. The molecule has 0 bridgehead atoms. The van der Waals surface area contributed by atoms with Crippen LogP contribution in [0.15, 0.2) is 29.4 Å². The van der Waals surface area contributed by atoms with Gasteiger partial charge in [0.25, 0.3) is 5.91 Å². The number of hydrogen-bond acceptors (Lipinski definition) is 3. The van der Waals surface area contributed by atoms with Gasteiger partial charge in [0.15, 0.2) is 0 Å². The molecule has 1 rings (SSSR count). The molecule has 0 heterocycles. The van der Waals surface area contributed by atoms with Crippen LogP contribution in [0.1, 0.15) is 24.2 Å². The summed E-state index contributed by atoms with van der Waals surface area (Å²) in [4.78, 5) is 11.5. The highest BCUT2D eigenvalue weighted by Crippen LogP contribution is 2.11. The fourth-order valence-electron chi connectivity index (χ4n) is 1.01. The zero-order valence-corrected chi connectivity index (χ0v) is 9.23. The largest absolute Gasteiger partial charge is 0.619 e. The van der Waals surface area contributed by atoms with Crippen LogP contribution in [0.5, 0.6) is 0 Å². The van der Waals surface area contributed by atoms with Crippen molar-refractivity contribution in [2.75, 3.05) is 0 Å². The Hall–Kier alpha value is -2.17. The molecule has 0 radical (unpaired) electrons. The van der Waals surface area contributed by atoms with E-state index in [-0.39, 0.29) is 5.91 Å². The van der Waals surface area contributed by atoms with Gasteiger partial charge in [0.05, 0.1) is 0 Å². The average Bonchev–Trinajstić information content (AvgIpc) is 2.26. The molecule has 84 valence electrons. The van der Waals surface area contributed by atoms with Crippen molar-refractivity contribution >= 4 is 24.0 Å². The molecule has 0 saturated heterocycles. The van der Waals surface area contributed by atoms with Gasteiger partial charge in [0.2, 0.25) is 5.69 Å². The van der Waals surface area contributed by atoms with Crippen LogP contribution in [-0.4, -0.2) is 23.1 Å². The molecule has 5 nitrogen and oxygen atoms in total. The number of benzene rings is 1. The number of nitrogens with zero attached hydrogens (tertiary/aromatic N) is 2. The number of hydrogen-bond donors (Lipinski definition) is 1. The molecule has 5 heteroatoms. The summed E-state index contributed by atoms with van der Waals surface area (Å²) in [6, 6.07) is 6.14. The van der Waals surface area contributed by atoms with E-state index in [9.17, 15) is 10.0 Å². The number of nitrogens with one attached hydrogen (secondary N) is 1. The molecule has 1 aromatic carbocycles. The molecule has 0 atom stereocenters. The summed E-state index contributed by atoms with van der Waals surface area (Å²) in [6.07, 6.45) is 0. The van der Waals surface area contributed by atoms with Crippen LogP contribution in [0.2, 0.25) is 0 Å². The molecule has 0 unspecified atom stereocenters. The maximum atomic E-state index is 11.5. The Morgan fingerprint density at radius 3 is 2.38 bits per heavy atom. The molecule has 0 spiro atoms. The summed E-state index contributed by atoms with van der Waals surface area (Å²) in [6.45, 7) is 6.76. The van der Waals surface area contributed by atoms with Crippen molar-refractivity contribution in [3.05, 3.63) is 35.0 Å². The topological polar surface area (TPSA) is 67.5 Å². The zero-order chi connectivity index (χ0) is 12.1. The van der Waals surface area contributed by atoms with E-state index in [4.69, 9.17) is 0 Å². The molecule has 0 aliphatic rings. The minimum Gasteiger partial charge on any atom is -0.619 e. The van der Waals surface area contributed by atoms with E-state index in [1.165, 1.54) is 12.1 Å². The first-order valence-corrected chi connectivity index (χ1v) is 4.70. The maximum absolute atomic E-state index is 11.5. The van der Waals surface area contributed by atoms with Crippen molar-refractivity contribution in [2.24, 2.45) is 5.10 Å². The number of carbonyl (C=O) groups is 1. The highest BCUT2D eigenvalue weighted by Gasteiger charge is 2.05. The number of amides is 1. The van der Waals surface area contributed by atoms with Crippen LogP contribution in [0, 0.1) is 5.21 Å². The lowest BCUT2D eigenvalue weighted by atomic mass is 10.2. The lowest BCUT2D eigenvalue weighted by Gasteiger charge is -2.02. The molecule has 1 N–H and O–H groups in total. The number of hydrazone groups is 1. The Bertz CT molecular complexity index is 431. The molecule has 0 fully saturated rings. The molecule has 1 aromatic rings. The van der Waals surface area contributed by atoms with Crippen LogP contribution < -0.4 is 5.43 Å². The Kier molecular flexibility index (Phi) is 3.77. The Balaban J connectivity index is 2.78.